The molecule has 1 aliphatic rings. The number of anilines is 1. The molecule has 3 rings (SSSR count). The van der Waals surface area contributed by atoms with Gasteiger partial charge >= 0.3 is 0 Å². The van der Waals surface area contributed by atoms with Crippen LogP contribution in [-0.2, 0) is 22.6 Å². The van der Waals surface area contributed by atoms with Crippen LogP contribution in [0.1, 0.15) is 24.0 Å². The van der Waals surface area contributed by atoms with Gasteiger partial charge in [0.1, 0.15) is 0 Å². The average molecular weight is 334 g/mol. The van der Waals surface area contributed by atoms with Gasteiger partial charge in [-0.1, -0.05) is 49.0 Å². The number of carbonyl (C=O) groups excluding carboxylic acids is 2. The van der Waals surface area contributed by atoms with E-state index in [2.05, 4.69) is 24.0 Å². The summed E-state index contributed by atoms with van der Waals surface area (Å²) in [4.78, 5) is 26.0. The topological polar surface area (TPSA) is 49.4 Å². The van der Waals surface area contributed by atoms with Crippen molar-refractivity contribution in [2.24, 2.45) is 0 Å². The Morgan fingerprint density at radius 1 is 1.04 bits per heavy atom. The average Bonchev–Trinajstić information content (AvgIpc) is 3.47. The molecule has 128 valence electrons. The fraction of sp³-hybridized carbons (Fsp3) is 0.238. The van der Waals surface area contributed by atoms with Gasteiger partial charge in [-0.05, 0) is 42.2 Å². The summed E-state index contributed by atoms with van der Waals surface area (Å²) in [5.41, 5.74) is 2.80. The van der Waals surface area contributed by atoms with E-state index in [0.717, 1.165) is 24.0 Å². The molecule has 2 aromatic rings. The lowest BCUT2D eigenvalue weighted by molar-refractivity contribution is -0.131. The maximum absolute atomic E-state index is 12.8. The van der Waals surface area contributed by atoms with Gasteiger partial charge in [-0.15, -0.1) is 0 Å². The highest BCUT2D eigenvalue weighted by molar-refractivity contribution is 5.98. The number of hydrogen-bond acceptors (Lipinski definition) is 2. The first-order valence-corrected chi connectivity index (χ1v) is 8.51. The second kappa shape index (κ2) is 7.79. The van der Waals surface area contributed by atoms with Gasteiger partial charge in [-0.25, -0.2) is 0 Å². The second-order valence-electron chi connectivity index (χ2n) is 6.31. The van der Waals surface area contributed by atoms with Crippen molar-refractivity contribution < 1.29 is 9.59 Å². The van der Waals surface area contributed by atoms with Crippen molar-refractivity contribution in [3.8, 4) is 0 Å². The predicted molar refractivity (Wildman–Crippen MR) is 99.0 cm³/mol. The van der Waals surface area contributed by atoms with Crippen LogP contribution in [-0.4, -0.2) is 22.8 Å². The maximum Gasteiger partial charge on any atom is 0.247 e. The highest BCUT2D eigenvalue weighted by Crippen LogP contribution is 2.29. The van der Waals surface area contributed by atoms with E-state index >= 15 is 0 Å². The van der Waals surface area contributed by atoms with Gasteiger partial charge in [0.2, 0.25) is 11.8 Å². The Morgan fingerprint density at radius 3 is 2.32 bits per heavy atom. The minimum Gasteiger partial charge on any atom is -0.335 e. The van der Waals surface area contributed by atoms with Gasteiger partial charge in [0.05, 0.1) is 6.42 Å². The van der Waals surface area contributed by atoms with Crippen LogP contribution < -0.4 is 5.32 Å². The quantitative estimate of drug-likeness (QED) is 0.787. The Morgan fingerprint density at radius 2 is 1.72 bits per heavy atom. The lowest BCUT2D eigenvalue weighted by Gasteiger charge is -2.23. The number of nitrogens with one attached hydrogen (secondary N) is 1. The van der Waals surface area contributed by atoms with Crippen molar-refractivity contribution >= 4 is 17.5 Å². The standard InChI is InChI=1S/C21H22N2O2/c1-2-20(24)22-18-10-8-16(9-11-18)14-21(25)23(19-12-13-19)15-17-6-4-3-5-7-17/h2-11,19H,1,12-15H2,(H,22,24). The lowest BCUT2D eigenvalue weighted by atomic mass is 10.1. The molecule has 0 bridgehead atoms. The zero-order valence-corrected chi connectivity index (χ0v) is 14.2. The third-order valence-corrected chi connectivity index (χ3v) is 4.27. The Bertz CT molecular complexity index is 749. The first kappa shape index (κ1) is 17.0. The summed E-state index contributed by atoms with van der Waals surface area (Å²) < 4.78 is 0. The molecule has 4 nitrogen and oxygen atoms in total. The van der Waals surface area contributed by atoms with E-state index in [1.54, 1.807) is 0 Å². The van der Waals surface area contributed by atoms with Crippen LogP contribution in [0.25, 0.3) is 0 Å². The van der Waals surface area contributed by atoms with E-state index in [1.807, 2.05) is 47.4 Å². The van der Waals surface area contributed by atoms with E-state index in [4.69, 9.17) is 0 Å². The van der Waals surface area contributed by atoms with Crippen molar-refractivity contribution in [2.45, 2.75) is 31.8 Å². The molecule has 0 atom stereocenters. The zero-order valence-electron chi connectivity index (χ0n) is 14.2. The minimum absolute atomic E-state index is 0.147. The highest BCUT2D eigenvalue weighted by Gasteiger charge is 2.32. The summed E-state index contributed by atoms with van der Waals surface area (Å²) in [6.07, 6.45) is 3.78. The number of carbonyl (C=O) groups is 2. The van der Waals surface area contributed by atoms with Crippen molar-refractivity contribution in [3.05, 3.63) is 78.4 Å². The number of nitrogens with zero attached hydrogens (tertiary/aromatic N) is 1. The highest BCUT2D eigenvalue weighted by atomic mass is 16.2. The summed E-state index contributed by atoms with van der Waals surface area (Å²) in [6, 6.07) is 17.8. The molecule has 0 unspecified atom stereocenters. The molecule has 0 aromatic heterocycles. The number of benzene rings is 2. The fourth-order valence-corrected chi connectivity index (χ4v) is 2.76. The molecule has 1 fully saturated rings. The second-order valence-corrected chi connectivity index (χ2v) is 6.31. The Hall–Kier alpha value is -2.88. The SMILES string of the molecule is C=CC(=O)Nc1ccc(CC(=O)N(Cc2ccccc2)C2CC2)cc1. The molecule has 0 spiro atoms. The van der Waals surface area contributed by atoms with Crippen LogP contribution in [0.3, 0.4) is 0 Å². The number of hydrogen-bond donors (Lipinski definition) is 1. The summed E-state index contributed by atoms with van der Waals surface area (Å²) in [5, 5.41) is 2.70. The minimum atomic E-state index is -0.244. The van der Waals surface area contributed by atoms with E-state index in [-0.39, 0.29) is 11.8 Å². The van der Waals surface area contributed by atoms with Gasteiger partial charge in [0.25, 0.3) is 0 Å². The normalized spacial score (nSPS) is 13.1. The number of amides is 2. The molecule has 0 heterocycles. The van der Waals surface area contributed by atoms with E-state index in [0.29, 0.717) is 24.7 Å². The predicted octanol–water partition coefficient (Wildman–Crippen LogP) is 3.54. The van der Waals surface area contributed by atoms with Crippen LogP contribution in [0.4, 0.5) is 5.69 Å². The summed E-state index contributed by atoms with van der Waals surface area (Å²) in [5.74, 6) is -0.0965. The van der Waals surface area contributed by atoms with Crippen molar-refractivity contribution in [1.29, 1.82) is 0 Å². The monoisotopic (exact) mass is 334 g/mol. The maximum atomic E-state index is 12.8. The third kappa shape index (κ3) is 4.80. The molecular formula is C21H22N2O2. The van der Waals surface area contributed by atoms with E-state index in [9.17, 15) is 9.59 Å². The molecular weight excluding hydrogens is 312 g/mol. The Balaban J connectivity index is 1.63. The zero-order chi connectivity index (χ0) is 17.6. The molecule has 0 aliphatic heterocycles. The summed E-state index contributed by atoms with van der Waals surface area (Å²) in [6.45, 7) is 4.09. The van der Waals surface area contributed by atoms with E-state index in [1.165, 1.54) is 6.08 Å². The smallest absolute Gasteiger partial charge is 0.247 e. The lowest BCUT2D eigenvalue weighted by Crippen LogP contribution is -2.33. The molecule has 1 aliphatic carbocycles. The molecule has 1 N–H and O–H groups in total. The van der Waals surface area contributed by atoms with Gasteiger partial charge in [0.15, 0.2) is 0 Å². The van der Waals surface area contributed by atoms with Gasteiger partial charge in [0, 0.05) is 18.3 Å². The first-order valence-electron chi connectivity index (χ1n) is 8.51. The summed E-state index contributed by atoms with van der Waals surface area (Å²) >= 11 is 0. The molecule has 0 saturated heterocycles. The third-order valence-electron chi connectivity index (χ3n) is 4.27. The van der Waals surface area contributed by atoms with Crippen LogP contribution in [0.2, 0.25) is 0 Å². The molecule has 25 heavy (non-hydrogen) atoms. The van der Waals surface area contributed by atoms with Crippen LogP contribution >= 0.6 is 0 Å². The molecule has 2 aromatic carbocycles. The largest absolute Gasteiger partial charge is 0.335 e. The van der Waals surface area contributed by atoms with Gasteiger partial charge in [-0.3, -0.25) is 9.59 Å². The van der Waals surface area contributed by atoms with Crippen LogP contribution in [0, 0.1) is 0 Å². The molecule has 2 amide bonds. The van der Waals surface area contributed by atoms with Crippen LogP contribution in [0.5, 0.6) is 0 Å². The molecule has 4 heteroatoms. The molecule has 1 saturated carbocycles. The molecule has 0 radical (unpaired) electrons. The Kier molecular flexibility index (Phi) is 5.29. The van der Waals surface area contributed by atoms with Crippen molar-refractivity contribution in [1.82, 2.24) is 4.90 Å². The Labute approximate surface area is 148 Å². The van der Waals surface area contributed by atoms with Gasteiger partial charge in [-0.2, -0.15) is 0 Å². The number of rotatable bonds is 7. The first-order chi connectivity index (χ1) is 12.2. The van der Waals surface area contributed by atoms with Gasteiger partial charge < -0.3 is 10.2 Å². The fourth-order valence-electron chi connectivity index (χ4n) is 2.76. The van der Waals surface area contributed by atoms with Crippen molar-refractivity contribution in [3.63, 3.8) is 0 Å². The van der Waals surface area contributed by atoms with E-state index < -0.39 is 0 Å². The van der Waals surface area contributed by atoms with Crippen LogP contribution in [0.15, 0.2) is 67.3 Å². The summed E-state index contributed by atoms with van der Waals surface area (Å²) in [7, 11) is 0. The van der Waals surface area contributed by atoms with Crippen molar-refractivity contribution in [2.75, 3.05) is 5.32 Å².